The molecule has 1 aromatic rings. The van der Waals surface area contributed by atoms with Crippen LogP contribution in [0.3, 0.4) is 0 Å². The molecular weight excluding hydrogens is 202 g/mol. The van der Waals surface area contributed by atoms with E-state index < -0.39 is 0 Å². The van der Waals surface area contributed by atoms with E-state index in [2.05, 4.69) is 36.4 Å². The molecule has 0 aliphatic heterocycles. The highest BCUT2D eigenvalue weighted by Gasteiger charge is 1.99. The van der Waals surface area contributed by atoms with Gasteiger partial charge in [-0.15, -0.1) is 0 Å². The van der Waals surface area contributed by atoms with Gasteiger partial charge in [0, 0.05) is 25.6 Å². The number of aliphatic imine (C=N–C) groups is 1. The van der Waals surface area contributed by atoms with E-state index in [0.717, 1.165) is 31.2 Å². The first-order valence-electron chi connectivity index (χ1n) is 5.79. The van der Waals surface area contributed by atoms with Gasteiger partial charge in [0.2, 0.25) is 0 Å². The standard InChI is InChI=1S/C12H21N3O/c1-4-13-12(15-10(2)3)14-8-7-11-6-5-9-16-11/h5-6,9-10H,4,7-8H2,1-3H3,(H2,13,14,15). The molecule has 4 heteroatoms. The van der Waals surface area contributed by atoms with Crippen molar-refractivity contribution in [3.63, 3.8) is 0 Å². The second-order valence-electron chi connectivity index (χ2n) is 3.89. The first kappa shape index (κ1) is 12.6. The molecule has 2 N–H and O–H groups in total. The molecule has 0 saturated heterocycles. The lowest BCUT2D eigenvalue weighted by Gasteiger charge is -2.13. The molecule has 0 saturated carbocycles. The molecule has 0 spiro atoms. The largest absolute Gasteiger partial charge is 0.469 e. The van der Waals surface area contributed by atoms with Gasteiger partial charge in [0.05, 0.1) is 6.26 Å². The maximum atomic E-state index is 5.25. The Morgan fingerprint density at radius 2 is 2.31 bits per heavy atom. The van der Waals surface area contributed by atoms with Crippen molar-refractivity contribution >= 4 is 5.96 Å². The lowest BCUT2D eigenvalue weighted by Crippen LogP contribution is -2.41. The van der Waals surface area contributed by atoms with Crippen LogP contribution < -0.4 is 10.6 Å². The molecule has 1 heterocycles. The summed E-state index contributed by atoms with van der Waals surface area (Å²) in [6, 6.07) is 4.26. The summed E-state index contributed by atoms with van der Waals surface area (Å²) in [7, 11) is 0. The Hall–Kier alpha value is -1.45. The lowest BCUT2D eigenvalue weighted by molar-refractivity contribution is 0.510. The third-order valence-electron chi connectivity index (χ3n) is 1.98. The molecule has 0 unspecified atom stereocenters. The molecule has 1 aromatic heterocycles. The predicted octanol–water partition coefficient (Wildman–Crippen LogP) is 1.79. The van der Waals surface area contributed by atoms with E-state index in [0.29, 0.717) is 6.04 Å². The Bertz CT molecular complexity index is 304. The summed E-state index contributed by atoms with van der Waals surface area (Å²) in [5.41, 5.74) is 0. The van der Waals surface area contributed by atoms with Crippen LogP contribution in [0, 0.1) is 0 Å². The lowest BCUT2D eigenvalue weighted by atomic mass is 10.3. The zero-order chi connectivity index (χ0) is 11.8. The van der Waals surface area contributed by atoms with Crippen molar-refractivity contribution < 1.29 is 4.42 Å². The molecule has 0 atom stereocenters. The van der Waals surface area contributed by atoms with Crippen molar-refractivity contribution in [2.45, 2.75) is 33.2 Å². The van der Waals surface area contributed by atoms with Crippen molar-refractivity contribution in [3.05, 3.63) is 24.2 Å². The monoisotopic (exact) mass is 223 g/mol. The predicted molar refractivity (Wildman–Crippen MR) is 66.7 cm³/mol. The smallest absolute Gasteiger partial charge is 0.191 e. The summed E-state index contributed by atoms with van der Waals surface area (Å²) in [6.45, 7) is 7.86. The molecule has 0 aromatic carbocycles. The summed E-state index contributed by atoms with van der Waals surface area (Å²) < 4.78 is 5.25. The molecule has 0 radical (unpaired) electrons. The molecule has 0 bridgehead atoms. The number of guanidine groups is 1. The zero-order valence-electron chi connectivity index (χ0n) is 10.3. The number of furan rings is 1. The fourth-order valence-electron chi connectivity index (χ4n) is 1.33. The molecular formula is C12H21N3O. The van der Waals surface area contributed by atoms with Gasteiger partial charge in [0.1, 0.15) is 5.76 Å². The number of hydrogen-bond donors (Lipinski definition) is 2. The fraction of sp³-hybridized carbons (Fsp3) is 0.583. The third kappa shape index (κ3) is 4.87. The maximum Gasteiger partial charge on any atom is 0.191 e. The van der Waals surface area contributed by atoms with Crippen molar-refractivity contribution in [1.29, 1.82) is 0 Å². The van der Waals surface area contributed by atoms with E-state index in [1.54, 1.807) is 6.26 Å². The van der Waals surface area contributed by atoms with E-state index in [1.165, 1.54) is 0 Å². The quantitative estimate of drug-likeness (QED) is 0.591. The van der Waals surface area contributed by atoms with Crippen LogP contribution in [-0.4, -0.2) is 25.1 Å². The average molecular weight is 223 g/mol. The van der Waals surface area contributed by atoms with Gasteiger partial charge in [-0.2, -0.15) is 0 Å². The van der Waals surface area contributed by atoms with Gasteiger partial charge >= 0.3 is 0 Å². The van der Waals surface area contributed by atoms with Crippen LogP contribution in [0.2, 0.25) is 0 Å². The maximum absolute atomic E-state index is 5.25. The highest BCUT2D eigenvalue weighted by Crippen LogP contribution is 2.00. The highest BCUT2D eigenvalue weighted by atomic mass is 16.3. The Balaban J connectivity index is 2.38. The van der Waals surface area contributed by atoms with Crippen molar-refractivity contribution in [1.82, 2.24) is 10.6 Å². The molecule has 0 aliphatic rings. The second-order valence-corrected chi connectivity index (χ2v) is 3.89. The van der Waals surface area contributed by atoms with E-state index in [-0.39, 0.29) is 0 Å². The summed E-state index contributed by atoms with van der Waals surface area (Å²) in [5, 5.41) is 6.47. The fourth-order valence-corrected chi connectivity index (χ4v) is 1.33. The Kier molecular flexibility index (Phi) is 5.46. The van der Waals surface area contributed by atoms with Crippen LogP contribution in [0.15, 0.2) is 27.8 Å². The van der Waals surface area contributed by atoms with Gasteiger partial charge in [-0.05, 0) is 32.9 Å². The molecule has 90 valence electrons. The van der Waals surface area contributed by atoms with E-state index >= 15 is 0 Å². The molecule has 0 amide bonds. The summed E-state index contributed by atoms with van der Waals surface area (Å²) in [5.74, 6) is 1.84. The molecule has 0 fully saturated rings. The van der Waals surface area contributed by atoms with Crippen LogP contribution in [0.5, 0.6) is 0 Å². The Labute approximate surface area is 97.1 Å². The van der Waals surface area contributed by atoms with Gasteiger partial charge in [-0.3, -0.25) is 4.99 Å². The van der Waals surface area contributed by atoms with Gasteiger partial charge < -0.3 is 15.1 Å². The van der Waals surface area contributed by atoms with Gasteiger partial charge in [-0.1, -0.05) is 0 Å². The van der Waals surface area contributed by atoms with Crippen molar-refractivity contribution in [2.75, 3.05) is 13.1 Å². The van der Waals surface area contributed by atoms with Crippen molar-refractivity contribution in [3.8, 4) is 0 Å². The SMILES string of the molecule is CCNC(=NCCc1ccco1)NC(C)C. The number of rotatable bonds is 5. The first-order valence-corrected chi connectivity index (χ1v) is 5.79. The van der Waals surface area contributed by atoms with Crippen LogP contribution in [0.4, 0.5) is 0 Å². The third-order valence-corrected chi connectivity index (χ3v) is 1.98. The molecule has 4 nitrogen and oxygen atoms in total. The minimum absolute atomic E-state index is 0.390. The van der Waals surface area contributed by atoms with Crippen LogP contribution in [-0.2, 0) is 6.42 Å². The van der Waals surface area contributed by atoms with Gasteiger partial charge in [0.15, 0.2) is 5.96 Å². The second kappa shape index (κ2) is 6.93. The average Bonchev–Trinajstić information content (AvgIpc) is 2.70. The van der Waals surface area contributed by atoms with E-state index in [1.807, 2.05) is 12.1 Å². The Morgan fingerprint density at radius 1 is 1.50 bits per heavy atom. The number of nitrogens with one attached hydrogen (secondary N) is 2. The molecule has 0 aliphatic carbocycles. The minimum Gasteiger partial charge on any atom is -0.469 e. The number of hydrogen-bond acceptors (Lipinski definition) is 2. The van der Waals surface area contributed by atoms with Crippen molar-refractivity contribution in [2.24, 2.45) is 4.99 Å². The zero-order valence-corrected chi connectivity index (χ0v) is 10.3. The van der Waals surface area contributed by atoms with Crippen LogP contribution in [0.1, 0.15) is 26.5 Å². The summed E-state index contributed by atoms with van der Waals surface area (Å²) >= 11 is 0. The topological polar surface area (TPSA) is 49.6 Å². The minimum atomic E-state index is 0.390. The summed E-state index contributed by atoms with van der Waals surface area (Å²) in [4.78, 5) is 4.46. The normalized spacial score (nSPS) is 11.9. The first-order chi connectivity index (χ1) is 7.72. The van der Waals surface area contributed by atoms with Gasteiger partial charge in [0.25, 0.3) is 0 Å². The van der Waals surface area contributed by atoms with E-state index in [4.69, 9.17) is 4.42 Å². The molecule has 16 heavy (non-hydrogen) atoms. The van der Waals surface area contributed by atoms with Gasteiger partial charge in [-0.25, -0.2) is 0 Å². The van der Waals surface area contributed by atoms with Crippen LogP contribution in [0.25, 0.3) is 0 Å². The van der Waals surface area contributed by atoms with E-state index in [9.17, 15) is 0 Å². The molecule has 1 rings (SSSR count). The van der Waals surface area contributed by atoms with Crippen LogP contribution >= 0.6 is 0 Å². The highest BCUT2D eigenvalue weighted by molar-refractivity contribution is 5.79. The Morgan fingerprint density at radius 3 is 2.88 bits per heavy atom. The number of nitrogens with zero attached hydrogens (tertiary/aromatic N) is 1. The summed E-state index contributed by atoms with van der Waals surface area (Å²) in [6.07, 6.45) is 2.53.